The maximum absolute atomic E-state index is 13.2. The van der Waals surface area contributed by atoms with Crippen LogP contribution in [0.5, 0.6) is 0 Å². The van der Waals surface area contributed by atoms with Gasteiger partial charge in [-0.15, -0.1) is 0 Å². The summed E-state index contributed by atoms with van der Waals surface area (Å²) in [5.41, 5.74) is -2.28. The second kappa shape index (κ2) is 8.69. The minimum atomic E-state index is -4.96. The summed E-state index contributed by atoms with van der Waals surface area (Å²) < 4.78 is 44.4. The van der Waals surface area contributed by atoms with E-state index in [0.717, 1.165) is 19.1 Å². The number of ether oxygens (including phenoxy) is 1. The zero-order valence-electron chi connectivity index (χ0n) is 14.9. The van der Waals surface area contributed by atoms with Crippen molar-refractivity contribution in [2.24, 2.45) is 0 Å². The van der Waals surface area contributed by atoms with E-state index in [-0.39, 0.29) is 12.2 Å². The monoisotopic (exact) mass is 412 g/mol. The zero-order chi connectivity index (χ0) is 21.8. The molecule has 0 saturated heterocycles. The highest BCUT2D eigenvalue weighted by Crippen LogP contribution is 2.37. The number of esters is 1. The highest BCUT2D eigenvalue weighted by molar-refractivity contribution is 5.98. The number of hydrogen-bond donors (Lipinski definition) is 2. The first-order valence-electron chi connectivity index (χ1n) is 8.10. The van der Waals surface area contributed by atoms with Gasteiger partial charge in [0, 0.05) is 12.1 Å². The largest absolute Gasteiger partial charge is 0.449 e. The first kappa shape index (κ1) is 21.8. The van der Waals surface area contributed by atoms with Gasteiger partial charge in [0.1, 0.15) is 0 Å². The maximum Gasteiger partial charge on any atom is 0.418 e. The van der Waals surface area contributed by atoms with Crippen LogP contribution in [0.2, 0.25) is 0 Å². The number of benzene rings is 2. The Morgan fingerprint density at radius 1 is 1.21 bits per heavy atom. The Bertz CT molecular complexity index is 928. The van der Waals surface area contributed by atoms with Crippen molar-refractivity contribution >= 4 is 23.3 Å². The summed E-state index contributed by atoms with van der Waals surface area (Å²) in [6.07, 6.45) is -6.40. The van der Waals surface area contributed by atoms with Crippen LogP contribution in [0.1, 0.15) is 28.4 Å². The van der Waals surface area contributed by atoms with Gasteiger partial charge in [-0.05, 0) is 30.7 Å². The number of alkyl halides is 3. The molecule has 0 saturated carbocycles. The number of aliphatic hydroxyl groups excluding tert-OH is 1. The van der Waals surface area contributed by atoms with Gasteiger partial charge in [-0.25, -0.2) is 4.79 Å². The third-order valence-corrected chi connectivity index (χ3v) is 3.80. The molecule has 2 N–H and O–H groups in total. The van der Waals surface area contributed by atoms with Crippen molar-refractivity contribution in [1.82, 2.24) is 0 Å². The Morgan fingerprint density at radius 3 is 2.34 bits per heavy atom. The fourth-order valence-corrected chi connectivity index (χ4v) is 2.25. The van der Waals surface area contributed by atoms with Gasteiger partial charge in [0.15, 0.2) is 6.10 Å². The molecule has 0 aliphatic heterocycles. The number of hydrogen-bond acceptors (Lipinski definition) is 6. The average Bonchev–Trinajstić information content (AvgIpc) is 2.67. The molecule has 0 spiro atoms. The van der Waals surface area contributed by atoms with Crippen LogP contribution < -0.4 is 5.32 Å². The highest BCUT2D eigenvalue weighted by Gasteiger charge is 2.36. The number of nitro groups is 1. The van der Waals surface area contributed by atoms with Crippen LogP contribution >= 0.6 is 0 Å². The lowest BCUT2D eigenvalue weighted by Crippen LogP contribution is -2.30. The van der Waals surface area contributed by atoms with E-state index in [4.69, 9.17) is 9.84 Å². The van der Waals surface area contributed by atoms with Crippen LogP contribution in [-0.4, -0.2) is 28.0 Å². The third kappa shape index (κ3) is 5.51. The van der Waals surface area contributed by atoms with Crippen molar-refractivity contribution in [3.8, 4) is 0 Å². The zero-order valence-corrected chi connectivity index (χ0v) is 14.9. The number of nitrogens with one attached hydrogen (secondary N) is 1. The van der Waals surface area contributed by atoms with E-state index in [1.807, 2.05) is 5.32 Å². The van der Waals surface area contributed by atoms with Crippen LogP contribution in [0, 0.1) is 10.1 Å². The van der Waals surface area contributed by atoms with Gasteiger partial charge < -0.3 is 15.2 Å². The molecule has 2 aromatic rings. The Morgan fingerprint density at radius 2 is 1.83 bits per heavy atom. The number of aliphatic hydroxyl groups is 1. The lowest BCUT2D eigenvalue weighted by Gasteiger charge is -2.17. The molecular weight excluding hydrogens is 397 g/mol. The standard InChI is InChI=1S/C18H15F3N2O6/c1-10(29-17(26)12-4-2-11(9-24)3-5-12)16(25)22-15-7-6-13(23(27)28)8-14(15)18(19,20)21/h2-8,10,24H,9H2,1H3,(H,22,25)/t10-/m1/s1. The first-order valence-corrected chi connectivity index (χ1v) is 8.10. The summed E-state index contributed by atoms with van der Waals surface area (Å²) in [5, 5.41) is 21.6. The smallest absolute Gasteiger partial charge is 0.418 e. The molecule has 2 aromatic carbocycles. The Hall–Kier alpha value is -3.47. The van der Waals surface area contributed by atoms with Crippen molar-refractivity contribution in [1.29, 1.82) is 0 Å². The number of amides is 1. The van der Waals surface area contributed by atoms with Crippen LogP contribution in [0.3, 0.4) is 0 Å². The number of halogens is 3. The van der Waals surface area contributed by atoms with E-state index in [1.165, 1.54) is 24.3 Å². The average molecular weight is 412 g/mol. The molecule has 0 aromatic heterocycles. The van der Waals surface area contributed by atoms with E-state index < -0.39 is 46.0 Å². The molecule has 0 aliphatic rings. The fraction of sp³-hybridized carbons (Fsp3) is 0.222. The van der Waals surface area contributed by atoms with Crippen molar-refractivity contribution in [3.63, 3.8) is 0 Å². The third-order valence-electron chi connectivity index (χ3n) is 3.80. The molecule has 11 heteroatoms. The minimum absolute atomic E-state index is 0.0770. The number of anilines is 1. The second-order valence-electron chi connectivity index (χ2n) is 5.88. The van der Waals surface area contributed by atoms with E-state index in [0.29, 0.717) is 11.6 Å². The van der Waals surface area contributed by atoms with Crippen LogP contribution in [0.25, 0.3) is 0 Å². The maximum atomic E-state index is 13.2. The van der Waals surface area contributed by atoms with Gasteiger partial charge in [-0.1, -0.05) is 12.1 Å². The molecule has 2 rings (SSSR count). The number of carbonyl (C=O) groups is 2. The predicted molar refractivity (Wildman–Crippen MR) is 94.0 cm³/mol. The van der Waals surface area contributed by atoms with Crippen LogP contribution in [-0.2, 0) is 22.3 Å². The minimum Gasteiger partial charge on any atom is -0.449 e. The van der Waals surface area contributed by atoms with Crippen molar-refractivity contribution in [2.75, 3.05) is 5.32 Å². The van der Waals surface area contributed by atoms with Gasteiger partial charge in [-0.2, -0.15) is 13.2 Å². The van der Waals surface area contributed by atoms with Crippen LogP contribution in [0.4, 0.5) is 24.5 Å². The molecule has 0 unspecified atom stereocenters. The molecule has 154 valence electrons. The summed E-state index contributed by atoms with van der Waals surface area (Å²) >= 11 is 0. The van der Waals surface area contributed by atoms with Gasteiger partial charge in [0.2, 0.25) is 0 Å². The van der Waals surface area contributed by atoms with E-state index in [2.05, 4.69) is 0 Å². The topological polar surface area (TPSA) is 119 Å². The number of carbonyl (C=O) groups excluding carboxylic acids is 2. The molecule has 1 amide bonds. The van der Waals surface area contributed by atoms with E-state index in [1.54, 1.807) is 0 Å². The van der Waals surface area contributed by atoms with Gasteiger partial charge >= 0.3 is 12.1 Å². The molecule has 0 radical (unpaired) electrons. The molecule has 0 heterocycles. The molecule has 0 aliphatic carbocycles. The molecule has 0 fully saturated rings. The lowest BCUT2D eigenvalue weighted by atomic mass is 10.1. The first-order chi connectivity index (χ1) is 13.5. The number of non-ortho nitro benzene ring substituents is 1. The molecule has 1 atom stereocenters. The highest BCUT2D eigenvalue weighted by atomic mass is 19.4. The number of nitro benzene ring substituents is 1. The Kier molecular flexibility index (Phi) is 6.54. The summed E-state index contributed by atoms with van der Waals surface area (Å²) in [5.74, 6) is -1.94. The Labute approximate surface area is 162 Å². The van der Waals surface area contributed by atoms with Crippen molar-refractivity contribution in [3.05, 3.63) is 69.3 Å². The predicted octanol–water partition coefficient (Wildman–Crippen LogP) is 3.29. The number of nitrogens with zero attached hydrogens (tertiary/aromatic N) is 1. The quantitative estimate of drug-likeness (QED) is 0.427. The second-order valence-corrected chi connectivity index (χ2v) is 5.88. The Balaban J connectivity index is 2.14. The van der Waals surface area contributed by atoms with E-state index in [9.17, 15) is 32.9 Å². The molecule has 29 heavy (non-hydrogen) atoms. The summed E-state index contributed by atoms with van der Waals surface area (Å²) in [4.78, 5) is 33.9. The summed E-state index contributed by atoms with van der Waals surface area (Å²) in [6.45, 7) is 0.929. The number of rotatable bonds is 6. The van der Waals surface area contributed by atoms with Gasteiger partial charge in [0.25, 0.3) is 11.6 Å². The lowest BCUT2D eigenvalue weighted by molar-refractivity contribution is -0.385. The van der Waals surface area contributed by atoms with Gasteiger partial charge in [0.05, 0.1) is 28.3 Å². The van der Waals surface area contributed by atoms with Crippen molar-refractivity contribution < 1.29 is 37.5 Å². The SMILES string of the molecule is C[C@@H](OC(=O)c1ccc(CO)cc1)C(=O)Nc1ccc([N+](=O)[O-])cc1C(F)(F)F. The summed E-state index contributed by atoms with van der Waals surface area (Å²) in [6, 6.07) is 7.51. The molecule has 0 bridgehead atoms. The van der Waals surface area contributed by atoms with Crippen molar-refractivity contribution in [2.45, 2.75) is 25.8 Å². The summed E-state index contributed by atoms with van der Waals surface area (Å²) in [7, 11) is 0. The fourth-order valence-electron chi connectivity index (χ4n) is 2.25. The van der Waals surface area contributed by atoms with Gasteiger partial charge in [-0.3, -0.25) is 14.9 Å². The molecule has 8 nitrogen and oxygen atoms in total. The normalized spacial score (nSPS) is 12.2. The molecular formula is C18H15F3N2O6. The van der Waals surface area contributed by atoms with Crippen LogP contribution in [0.15, 0.2) is 42.5 Å². The van der Waals surface area contributed by atoms with E-state index >= 15 is 0 Å².